The second kappa shape index (κ2) is 6.51. The Morgan fingerprint density at radius 1 is 1.40 bits per heavy atom. The molecule has 1 aromatic carbocycles. The first-order chi connectivity index (χ1) is 9.58. The molecule has 20 heavy (non-hydrogen) atoms. The molecule has 0 aromatic heterocycles. The number of likely N-dealkylation sites (tertiary alicyclic amines) is 1. The van der Waals surface area contributed by atoms with Gasteiger partial charge in [-0.05, 0) is 24.3 Å². The Morgan fingerprint density at radius 3 is 2.60 bits per heavy atom. The van der Waals surface area contributed by atoms with Gasteiger partial charge in [-0.2, -0.15) is 0 Å². The van der Waals surface area contributed by atoms with Crippen molar-refractivity contribution in [2.75, 3.05) is 32.1 Å². The molecule has 0 saturated carbocycles. The minimum atomic E-state index is -2.47. The fourth-order valence-corrected chi connectivity index (χ4v) is 1.80. The zero-order chi connectivity index (χ0) is 14.5. The van der Waals surface area contributed by atoms with Crippen molar-refractivity contribution < 1.29 is 23.0 Å². The zero-order valence-electron chi connectivity index (χ0n) is 11.0. The van der Waals surface area contributed by atoms with E-state index in [9.17, 15) is 13.6 Å². The minimum absolute atomic E-state index is 0.271. The average Bonchev–Trinajstić information content (AvgIpc) is 2.37. The number of amides is 2. The van der Waals surface area contributed by atoms with Crippen molar-refractivity contribution in [3.8, 4) is 5.75 Å². The third-order valence-corrected chi connectivity index (χ3v) is 2.93. The van der Waals surface area contributed by atoms with Crippen LogP contribution in [-0.2, 0) is 4.74 Å². The van der Waals surface area contributed by atoms with Crippen molar-refractivity contribution in [1.82, 2.24) is 4.90 Å². The van der Waals surface area contributed by atoms with E-state index in [1.165, 1.54) is 4.90 Å². The number of hydrogen-bond donors (Lipinski definition) is 1. The number of halogens is 2. The van der Waals surface area contributed by atoms with Crippen molar-refractivity contribution in [3.63, 3.8) is 0 Å². The predicted molar refractivity (Wildman–Crippen MR) is 69.3 cm³/mol. The molecule has 1 heterocycles. The molecule has 0 unspecified atom stereocenters. The van der Waals surface area contributed by atoms with Crippen molar-refractivity contribution >= 4 is 11.7 Å². The second-order valence-corrected chi connectivity index (χ2v) is 4.41. The predicted octanol–water partition coefficient (Wildman–Crippen LogP) is 2.19. The molecule has 5 nitrogen and oxygen atoms in total. The van der Waals surface area contributed by atoms with Crippen LogP contribution in [0.2, 0.25) is 0 Å². The molecule has 1 aromatic rings. The number of anilines is 1. The van der Waals surface area contributed by atoms with Crippen LogP contribution in [0.4, 0.5) is 19.3 Å². The smallest absolute Gasteiger partial charge is 0.322 e. The van der Waals surface area contributed by atoms with Gasteiger partial charge in [-0.15, -0.1) is 0 Å². The highest BCUT2D eigenvalue weighted by Crippen LogP contribution is 2.18. The van der Waals surface area contributed by atoms with Crippen LogP contribution in [0, 0.1) is 0 Å². The Morgan fingerprint density at radius 2 is 2.05 bits per heavy atom. The normalized spacial score (nSPS) is 15.1. The zero-order valence-corrected chi connectivity index (χ0v) is 11.0. The lowest BCUT2D eigenvalue weighted by Crippen LogP contribution is -2.56. The fourth-order valence-electron chi connectivity index (χ4n) is 1.80. The number of methoxy groups -OCH3 is 1. The molecule has 0 atom stereocenters. The summed E-state index contributed by atoms with van der Waals surface area (Å²) < 4.78 is 33.8. The van der Waals surface area contributed by atoms with E-state index in [4.69, 9.17) is 9.47 Å². The summed E-state index contributed by atoms with van der Waals surface area (Å²) in [5, 5.41) is 2.71. The topological polar surface area (TPSA) is 50.8 Å². The quantitative estimate of drug-likeness (QED) is 0.902. The van der Waals surface area contributed by atoms with Gasteiger partial charge in [0.2, 0.25) is 0 Å². The van der Waals surface area contributed by atoms with E-state index in [0.29, 0.717) is 24.5 Å². The van der Waals surface area contributed by atoms with Gasteiger partial charge in [0.1, 0.15) is 12.4 Å². The minimum Gasteiger partial charge on any atom is -0.497 e. The van der Waals surface area contributed by atoms with Crippen LogP contribution in [0.15, 0.2) is 24.3 Å². The molecule has 1 fully saturated rings. The van der Waals surface area contributed by atoms with E-state index in [0.717, 1.165) is 0 Å². The molecule has 1 saturated heterocycles. The Bertz CT molecular complexity index is 447. The molecule has 2 amide bonds. The molecule has 0 spiro atoms. The maximum atomic E-state index is 11.9. The maximum absolute atomic E-state index is 11.9. The first kappa shape index (κ1) is 14.5. The number of benzene rings is 1. The number of rotatable bonds is 5. The van der Waals surface area contributed by atoms with E-state index in [1.54, 1.807) is 31.4 Å². The Kier molecular flexibility index (Phi) is 4.73. The number of urea groups is 1. The van der Waals surface area contributed by atoms with Crippen LogP contribution in [0.1, 0.15) is 0 Å². The molecule has 1 aliphatic heterocycles. The molecule has 110 valence electrons. The molecular weight excluding hydrogens is 270 g/mol. The molecule has 0 aliphatic carbocycles. The lowest BCUT2D eigenvalue weighted by atomic mass is 10.2. The SMILES string of the molecule is COc1ccc(NC(=O)N2CC(OCC(F)F)C2)cc1. The van der Waals surface area contributed by atoms with Crippen LogP contribution in [-0.4, -0.2) is 50.3 Å². The Labute approximate surface area is 115 Å². The van der Waals surface area contributed by atoms with Crippen LogP contribution < -0.4 is 10.1 Å². The number of hydrogen-bond acceptors (Lipinski definition) is 3. The third kappa shape index (κ3) is 3.80. The highest BCUT2D eigenvalue weighted by atomic mass is 19.3. The number of nitrogens with one attached hydrogen (secondary N) is 1. The van der Waals surface area contributed by atoms with Crippen molar-refractivity contribution in [1.29, 1.82) is 0 Å². The first-order valence-corrected chi connectivity index (χ1v) is 6.18. The van der Waals surface area contributed by atoms with Crippen molar-refractivity contribution in [3.05, 3.63) is 24.3 Å². The third-order valence-electron chi connectivity index (χ3n) is 2.93. The summed E-state index contributed by atoms with van der Waals surface area (Å²) in [5.41, 5.74) is 0.646. The number of alkyl halides is 2. The summed E-state index contributed by atoms with van der Waals surface area (Å²) in [6.07, 6.45) is -2.78. The Balaban J connectivity index is 1.73. The lowest BCUT2D eigenvalue weighted by molar-refractivity contribution is -0.0732. The number of ether oxygens (including phenoxy) is 2. The molecule has 7 heteroatoms. The fraction of sp³-hybridized carbons (Fsp3) is 0.462. The monoisotopic (exact) mass is 286 g/mol. The molecule has 0 bridgehead atoms. The van der Waals surface area contributed by atoms with Gasteiger partial charge in [0.25, 0.3) is 6.43 Å². The molecule has 0 radical (unpaired) electrons. The number of carbonyl (C=O) groups is 1. The highest BCUT2D eigenvalue weighted by molar-refractivity contribution is 5.89. The van der Waals surface area contributed by atoms with Crippen LogP contribution in [0.3, 0.4) is 0 Å². The van der Waals surface area contributed by atoms with E-state index in [-0.39, 0.29) is 12.1 Å². The first-order valence-electron chi connectivity index (χ1n) is 6.18. The summed E-state index contributed by atoms with van der Waals surface area (Å²) in [6.45, 7) is 0.0715. The van der Waals surface area contributed by atoms with E-state index in [1.807, 2.05) is 0 Å². The van der Waals surface area contributed by atoms with Crippen molar-refractivity contribution in [2.45, 2.75) is 12.5 Å². The van der Waals surface area contributed by atoms with Gasteiger partial charge >= 0.3 is 6.03 Å². The van der Waals surface area contributed by atoms with Gasteiger partial charge in [-0.25, -0.2) is 13.6 Å². The standard InChI is InChI=1S/C13H16F2N2O3/c1-19-10-4-2-9(3-5-10)16-13(18)17-6-11(7-17)20-8-12(14)15/h2-5,11-12H,6-8H2,1H3,(H,16,18). The lowest BCUT2D eigenvalue weighted by Gasteiger charge is -2.38. The summed E-state index contributed by atoms with van der Waals surface area (Å²) in [6, 6.07) is 6.65. The Hall–Kier alpha value is -1.89. The number of nitrogens with zero attached hydrogens (tertiary/aromatic N) is 1. The van der Waals surface area contributed by atoms with E-state index < -0.39 is 13.0 Å². The van der Waals surface area contributed by atoms with Gasteiger partial charge in [0, 0.05) is 5.69 Å². The van der Waals surface area contributed by atoms with Gasteiger partial charge in [0.05, 0.1) is 26.3 Å². The molecular formula is C13H16F2N2O3. The van der Waals surface area contributed by atoms with E-state index in [2.05, 4.69) is 5.32 Å². The summed E-state index contributed by atoms with van der Waals surface area (Å²) in [4.78, 5) is 13.3. The summed E-state index contributed by atoms with van der Waals surface area (Å²) in [5.74, 6) is 0.701. The molecule has 2 rings (SSSR count). The van der Waals surface area contributed by atoms with Gasteiger partial charge in [0.15, 0.2) is 0 Å². The average molecular weight is 286 g/mol. The van der Waals surface area contributed by atoms with Crippen LogP contribution in [0.5, 0.6) is 5.75 Å². The van der Waals surface area contributed by atoms with Crippen LogP contribution in [0.25, 0.3) is 0 Å². The van der Waals surface area contributed by atoms with Gasteiger partial charge in [-0.3, -0.25) is 0 Å². The van der Waals surface area contributed by atoms with E-state index >= 15 is 0 Å². The largest absolute Gasteiger partial charge is 0.497 e. The highest BCUT2D eigenvalue weighted by Gasteiger charge is 2.31. The van der Waals surface area contributed by atoms with Crippen LogP contribution >= 0.6 is 0 Å². The summed E-state index contributed by atoms with van der Waals surface area (Å²) in [7, 11) is 1.56. The molecule has 1 N–H and O–H groups in total. The summed E-state index contributed by atoms with van der Waals surface area (Å²) >= 11 is 0. The van der Waals surface area contributed by atoms with Crippen molar-refractivity contribution in [2.24, 2.45) is 0 Å². The molecule has 1 aliphatic rings. The number of carbonyl (C=O) groups excluding carboxylic acids is 1. The van der Waals surface area contributed by atoms with Gasteiger partial charge < -0.3 is 19.7 Å². The maximum Gasteiger partial charge on any atom is 0.322 e. The van der Waals surface area contributed by atoms with Gasteiger partial charge in [-0.1, -0.05) is 0 Å². The second-order valence-electron chi connectivity index (χ2n) is 4.41.